The van der Waals surface area contributed by atoms with E-state index in [1.165, 1.54) is 0 Å². The van der Waals surface area contributed by atoms with E-state index in [0.717, 1.165) is 24.8 Å². The molecule has 0 rings (SSSR count). The van der Waals surface area contributed by atoms with Crippen LogP contribution in [0, 0.1) is 0 Å². The van der Waals surface area contributed by atoms with Gasteiger partial charge in [0.15, 0.2) is 0 Å². The van der Waals surface area contributed by atoms with Gasteiger partial charge in [-0.2, -0.15) is 0 Å². The van der Waals surface area contributed by atoms with E-state index in [2.05, 4.69) is 6.58 Å². The van der Waals surface area contributed by atoms with E-state index in [4.69, 9.17) is 5.11 Å². The summed E-state index contributed by atoms with van der Waals surface area (Å²) in [6.07, 6.45) is 6.74. The lowest BCUT2D eigenvalue weighted by atomic mass is 10.1. The van der Waals surface area contributed by atoms with Gasteiger partial charge in [0.1, 0.15) is 0 Å². The topological polar surface area (TPSA) is 37.3 Å². The first-order chi connectivity index (χ1) is 5.70. The number of carboxylic acids is 1. The lowest BCUT2D eigenvalue weighted by Crippen LogP contribution is -1.97. The Bertz CT molecular complexity index is 180. The number of hydrogen-bond acceptors (Lipinski definition) is 1. The van der Waals surface area contributed by atoms with Crippen LogP contribution in [0.3, 0.4) is 0 Å². The molecule has 0 aliphatic carbocycles. The van der Waals surface area contributed by atoms with Gasteiger partial charge < -0.3 is 5.11 Å². The van der Waals surface area contributed by atoms with Crippen molar-refractivity contribution in [3.63, 3.8) is 0 Å². The van der Waals surface area contributed by atoms with E-state index < -0.39 is 5.97 Å². The standard InChI is InChI=1S/C10H16O2/c1-3-5-6-7-9(4-2)8-10(11)12/h3-4H,1,5-8H2,2H3,(H,11,12)/b9-4+. The number of carboxylic acid groups (broad SMARTS) is 1. The Balaban J connectivity index is 3.69. The van der Waals surface area contributed by atoms with Gasteiger partial charge in [0.25, 0.3) is 0 Å². The Morgan fingerprint density at radius 3 is 2.67 bits per heavy atom. The Labute approximate surface area is 73.6 Å². The van der Waals surface area contributed by atoms with Crippen LogP contribution in [-0.2, 0) is 4.79 Å². The minimum Gasteiger partial charge on any atom is -0.481 e. The second-order valence-electron chi connectivity index (χ2n) is 2.70. The van der Waals surface area contributed by atoms with E-state index >= 15 is 0 Å². The SMILES string of the molecule is C=CCCC/C(=C\C)CC(=O)O. The molecule has 0 saturated carbocycles. The fourth-order valence-corrected chi connectivity index (χ4v) is 1.00. The van der Waals surface area contributed by atoms with Gasteiger partial charge in [0.05, 0.1) is 6.42 Å². The van der Waals surface area contributed by atoms with Crippen molar-refractivity contribution in [3.8, 4) is 0 Å². The Hall–Kier alpha value is -1.05. The molecule has 68 valence electrons. The van der Waals surface area contributed by atoms with Gasteiger partial charge in [-0.3, -0.25) is 4.79 Å². The number of aliphatic carboxylic acids is 1. The zero-order valence-corrected chi connectivity index (χ0v) is 7.55. The van der Waals surface area contributed by atoms with Crippen molar-refractivity contribution in [3.05, 3.63) is 24.3 Å². The van der Waals surface area contributed by atoms with Crippen molar-refractivity contribution in [1.82, 2.24) is 0 Å². The zero-order chi connectivity index (χ0) is 9.40. The molecule has 12 heavy (non-hydrogen) atoms. The maximum atomic E-state index is 10.3. The quantitative estimate of drug-likeness (QED) is 0.489. The fourth-order valence-electron chi connectivity index (χ4n) is 1.00. The van der Waals surface area contributed by atoms with E-state index in [1.807, 2.05) is 19.1 Å². The second-order valence-corrected chi connectivity index (χ2v) is 2.70. The Morgan fingerprint density at radius 2 is 2.25 bits per heavy atom. The van der Waals surface area contributed by atoms with Crippen molar-refractivity contribution in [1.29, 1.82) is 0 Å². The van der Waals surface area contributed by atoms with Gasteiger partial charge in [-0.05, 0) is 26.2 Å². The van der Waals surface area contributed by atoms with Crippen molar-refractivity contribution < 1.29 is 9.90 Å². The predicted octanol–water partition coefficient (Wildman–Crippen LogP) is 2.76. The maximum absolute atomic E-state index is 10.3. The third-order valence-electron chi connectivity index (χ3n) is 1.69. The molecular formula is C10H16O2. The molecule has 0 heterocycles. The zero-order valence-electron chi connectivity index (χ0n) is 7.55. The maximum Gasteiger partial charge on any atom is 0.307 e. The summed E-state index contributed by atoms with van der Waals surface area (Å²) in [7, 11) is 0. The number of rotatable bonds is 6. The van der Waals surface area contributed by atoms with Crippen LogP contribution in [0.4, 0.5) is 0 Å². The third-order valence-corrected chi connectivity index (χ3v) is 1.69. The summed E-state index contributed by atoms with van der Waals surface area (Å²) in [5.41, 5.74) is 1.00. The van der Waals surface area contributed by atoms with Gasteiger partial charge in [-0.15, -0.1) is 6.58 Å². The summed E-state index contributed by atoms with van der Waals surface area (Å²) in [5, 5.41) is 8.51. The Kier molecular flexibility index (Phi) is 6.07. The highest BCUT2D eigenvalue weighted by atomic mass is 16.4. The third kappa shape index (κ3) is 5.71. The minimum absolute atomic E-state index is 0.174. The number of allylic oxidation sites excluding steroid dienone is 2. The molecule has 0 bridgehead atoms. The van der Waals surface area contributed by atoms with Crippen LogP contribution in [0.1, 0.15) is 32.6 Å². The van der Waals surface area contributed by atoms with Crippen LogP contribution < -0.4 is 0 Å². The van der Waals surface area contributed by atoms with Crippen LogP contribution in [0.25, 0.3) is 0 Å². The molecule has 0 saturated heterocycles. The molecule has 0 unspecified atom stereocenters. The predicted molar refractivity (Wildman–Crippen MR) is 50.1 cm³/mol. The van der Waals surface area contributed by atoms with Crippen LogP contribution >= 0.6 is 0 Å². The first-order valence-electron chi connectivity index (χ1n) is 4.17. The lowest BCUT2D eigenvalue weighted by molar-refractivity contribution is -0.136. The summed E-state index contributed by atoms with van der Waals surface area (Å²) >= 11 is 0. The summed E-state index contributed by atoms with van der Waals surface area (Å²) in [6, 6.07) is 0. The van der Waals surface area contributed by atoms with E-state index in [9.17, 15) is 4.79 Å². The van der Waals surface area contributed by atoms with Crippen LogP contribution in [0.2, 0.25) is 0 Å². The van der Waals surface area contributed by atoms with E-state index in [-0.39, 0.29) is 6.42 Å². The van der Waals surface area contributed by atoms with Gasteiger partial charge in [0, 0.05) is 0 Å². The van der Waals surface area contributed by atoms with Crippen LogP contribution in [-0.4, -0.2) is 11.1 Å². The summed E-state index contributed by atoms with van der Waals surface area (Å²) in [4.78, 5) is 10.3. The number of hydrogen-bond donors (Lipinski definition) is 1. The molecular weight excluding hydrogens is 152 g/mol. The molecule has 0 aliphatic heterocycles. The average Bonchev–Trinajstić information content (AvgIpc) is 2.02. The number of carbonyl (C=O) groups is 1. The molecule has 0 amide bonds. The van der Waals surface area contributed by atoms with Gasteiger partial charge in [-0.25, -0.2) is 0 Å². The molecule has 2 heteroatoms. The van der Waals surface area contributed by atoms with E-state index in [0.29, 0.717) is 0 Å². The van der Waals surface area contributed by atoms with Gasteiger partial charge in [0.2, 0.25) is 0 Å². The summed E-state index contributed by atoms with van der Waals surface area (Å²) < 4.78 is 0. The smallest absolute Gasteiger partial charge is 0.307 e. The van der Waals surface area contributed by atoms with Crippen molar-refractivity contribution in [2.45, 2.75) is 32.6 Å². The van der Waals surface area contributed by atoms with Crippen molar-refractivity contribution >= 4 is 5.97 Å². The van der Waals surface area contributed by atoms with Gasteiger partial charge in [-0.1, -0.05) is 17.7 Å². The van der Waals surface area contributed by atoms with Crippen molar-refractivity contribution in [2.24, 2.45) is 0 Å². The minimum atomic E-state index is -0.748. The highest BCUT2D eigenvalue weighted by Gasteiger charge is 2.01. The normalized spacial score (nSPS) is 11.2. The summed E-state index contributed by atoms with van der Waals surface area (Å²) in [6.45, 7) is 5.49. The first-order valence-corrected chi connectivity index (χ1v) is 4.17. The van der Waals surface area contributed by atoms with Gasteiger partial charge >= 0.3 is 5.97 Å². The molecule has 0 aromatic carbocycles. The number of unbranched alkanes of at least 4 members (excludes halogenated alkanes) is 1. The molecule has 0 aromatic rings. The fraction of sp³-hybridized carbons (Fsp3) is 0.500. The van der Waals surface area contributed by atoms with Crippen molar-refractivity contribution in [2.75, 3.05) is 0 Å². The molecule has 0 aromatic heterocycles. The monoisotopic (exact) mass is 168 g/mol. The van der Waals surface area contributed by atoms with E-state index in [1.54, 1.807) is 0 Å². The molecule has 0 aliphatic rings. The molecule has 1 N–H and O–H groups in total. The molecule has 0 atom stereocenters. The molecule has 0 spiro atoms. The highest BCUT2D eigenvalue weighted by molar-refractivity contribution is 5.69. The molecule has 0 fully saturated rings. The Morgan fingerprint density at radius 1 is 1.58 bits per heavy atom. The lowest BCUT2D eigenvalue weighted by Gasteiger charge is -2.01. The largest absolute Gasteiger partial charge is 0.481 e. The van der Waals surface area contributed by atoms with Crippen LogP contribution in [0.5, 0.6) is 0 Å². The van der Waals surface area contributed by atoms with Crippen LogP contribution in [0.15, 0.2) is 24.3 Å². The molecule has 0 radical (unpaired) electrons. The average molecular weight is 168 g/mol. The highest BCUT2D eigenvalue weighted by Crippen LogP contribution is 2.11. The second kappa shape index (κ2) is 6.65. The first kappa shape index (κ1) is 11.0. The summed E-state index contributed by atoms with van der Waals surface area (Å²) in [5.74, 6) is -0.748. The molecule has 2 nitrogen and oxygen atoms in total.